The van der Waals surface area contributed by atoms with Crippen LogP contribution in [0.15, 0.2) is 54.9 Å². The zero-order valence-corrected chi connectivity index (χ0v) is 14.5. The minimum Gasteiger partial charge on any atom is -0.324 e. The maximum absolute atomic E-state index is 6.15. The maximum Gasteiger partial charge on any atom is 0.226 e. The summed E-state index contributed by atoms with van der Waals surface area (Å²) in [7, 11) is 0. The molecule has 1 unspecified atom stereocenters. The highest BCUT2D eigenvalue weighted by molar-refractivity contribution is 6.42. The Morgan fingerprint density at radius 2 is 1.75 bits per heavy atom. The van der Waals surface area contributed by atoms with Gasteiger partial charge in [-0.3, -0.25) is 0 Å². The first kappa shape index (κ1) is 15.5. The molecular weight excluding hydrogens is 367 g/mol. The third-order valence-corrected chi connectivity index (χ3v) is 4.84. The van der Waals surface area contributed by atoms with Crippen molar-refractivity contribution in [3.8, 4) is 0 Å². The number of anilines is 1. The lowest BCUT2D eigenvalue weighted by Crippen LogP contribution is -2.20. The molecule has 2 aromatic carbocycles. The normalized spacial score (nSPS) is 16.3. The third kappa shape index (κ3) is 2.77. The van der Waals surface area contributed by atoms with E-state index < -0.39 is 0 Å². The number of aromatic nitrogens is 3. The van der Waals surface area contributed by atoms with Crippen molar-refractivity contribution in [1.29, 1.82) is 0 Å². The van der Waals surface area contributed by atoms with Crippen LogP contribution in [0.25, 0.3) is 5.70 Å². The van der Waals surface area contributed by atoms with E-state index in [1.807, 2.05) is 41.1 Å². The number of hydrogen-bond donors (Lipinski definition) is 1. The molecule has 1 aromatic heterocycles. The molecule has 0 fully saturated rings. The summed E-state index contributed by atoms with van der Waals surface area (Å²) in [6.45, 7) is 0. The molecule has 0 saturated carbocycles. The topological polar surface area (TPSA) is 42.7 Å². The molecule has 0 saturated heterocycles. The van der Waals surface area contributed by atoms with E-state index >= 15 is 0 Å². The van der Waals surface area contributed by atoms with Gasteiger partial charge >= 0.3 is 0 Å². The fourth-order valence-corrected chi connectivity index (χ4v) is 3.09. The van der Waals surface area contributed by atoms with Gasteiger partial charge in [-0.2, -0.15) is 10.1 Å². The zero-order valence-electron chi connectivity index (χ0n) is 12.2. The van der Waals surface area contributed by atoms with Crippen LogP contribution in [0, 0.1) is 0 Å². The lowest BCUT2D eigenvalue weighted by atomic mass is 10.0. The Balaban J connectivity index is 1.81. The first-order chi connectivity index (χ1) is 11.6. The molecule has 4 rings (SSSR count). The fraction of sp³-hybridized carbons (Fsp3) is 0.0588. The Morgan fingerprint density at radius 1 is 0.958 bits per heavy atom. The Hall–Kier alpha value is -2.01. The molecule has 1 N–H and O–H groups in total. The molecule has 7 heteroatoms. The summed E-state index contributed by atoms with van der Waals surface area (Å²) in [4.78, 5) is 4.28. The van der Waals surface area contributed by atoms with Crippen molar-refractivity contribution in [2.75, 3.05) is 5.32 Å². The second-order valence-corrected chi connectivity index (χ2v) is 6.61. The lowest BCUT2D eigenvalue weighted by Gasteiger charge is -2.24. The van der Waals surface area contributed by atoms with Gasteiger partial charge < -0.3 is 5.32 Å². The Kier molecular flexibility index (Phi) is 3.96. The molecule has 0 aliphatic carbocycles. The number of nitrogens with zero attached hydrogens (tertiary/aromatic N) is 3. The highest BCUT2D eigenvalue weighted by Gasteiger charge is 2.23. The van der Waals surface area contributed by atoms with Crippen LogP contribution in [-0.4, -0.2) is 14.8 Å². The van der Waals surface area contributed by atoms with E-state index in [0.29, 0.717) is 21.0 Å². The van der Waals surface area contributed by atoms with Crippen molar-refractivity contribution in [3.63, 3.8) is 0 Å². The quantitative estimate of drug-likeness (QED) is 0.659. The van der Waals surface area contributed by atoms with Crippen LogP contribution in [-0.2, 0) is 0 Å². The van der Waals surface area contributed by atoms with Gasteiger partial charge in [-0.05, 0) is 41.5 Å². The summed E-state index contributed by atoms with van der Waals surface area (Å²) >= 11 is 18.2. The number of nitrogens with one attached hydrogen (secondary N) is 1. The van der Waals surface area contributed by atoms with E-state index in [2.05, 4.69) is 21.5 Å². The summed E-state index contributed by atoms with van der Waals surface area (Å²) in [5.41, 5.74) is 2.89. The van der Waals surface area contributed by atoms with Crippen LogP contribution in [0.2, 0.25) is 15.1 Å². The van der Waals surface area contributed by atoms with Crippen LogP contribution in [0.3, 0.4) is 0 Å². The number of hydrogen-bond acceptors (Lipinski definition) is 3. The number of halogens is 3. The summed E-state index contributed by atoms with van der Waals surface area (Å²) in [6.07, 6.45) is 3.60. The molecule has 0 spiro atoms. The summed E-state index contributed by atoms with van der Waals surface area (Å²) in [5, 5.41) is 9.31. The van der Waals surface area contributed by atoms with Gasteiger partial charge in [0.15, 0.2) is 0 Å². The van der Waals surface area contributed by atoms with Crippen LogP contribution < -0.4 is 5.32 Å². The van der Waals surface area contributed by atoms with Crippen molar-refractivity contribution < 1.29 is 0 Å². The van der Waals surface area contributed by atoms with Gasteiger partial charge in [0.25, 0.3) is 0 Å². The second-order valence-electron chi connectivity index (χ2n) is 5.36. The summed E-state index contributed by atoms with van der Waals surface area (Å²) in [6, 6.07) is 13.1. The van der Waals surface area contributed by atoms with Crippen LogP contribution in [0.5, 0.6) is 0 Å². The van der Waals surface area contributed by atoms with E-state index in [0.717, 1.165) is 16.8 Å². The van der Waals surface area contributed by atoms with E-state index in [1.165, 1.54) is 6.33 Å². The standard InChI is InChI=1S/C17H11Cl3N4/c18-12-4-1-10(2-5-12)16-8-15(23-17-21-9-22-24(16)17)11-3-6-13(19)14(20)7-11/h1-9,16H,(H,21,22,23). The van der Waals surface area contributed by atoms with Gasteiger partial charge in [0.1, 0.15) is 12.4 Å². The SMILES string of the molecule is Clc1ccc(C2C=C(c3ccc(Cl)c(Cl)c3)Nc3ncnn32)cc1. The molecule has 1 aliphatic rings. The second kappa shape index (κ2) is 6.13. The van der Waals surface area contributed by atoms with E-state index in [9.17, 15) is 0 Å². The lowest BCUT2D eigenvalue weighted by molar-refractivity contribution is 0.612. The summed E-state index contributed by atoms with van der Waals surface area (Å²) in [5.74, 6) is 0.665. The van der Waals surface area contributed by atoms with Crippen molar-refractivity contribution >= 4 is 46.4 Å². The highest BCUT2D eigenvalue weighted by atomic mass is 35.5. The first-order valence-corrected chi connectivity index (χ1v) is 8.34. The predicted octanol–water partition coefficient (Wildman–Crippen LogP) is 5.29. The van der Waals surface area contributed by atoms with Crippen LogP contribution in [0.4, 0.5) is 5.95 Å². The van der Waals surface area contributed by atoms with E-state index in [-0.39, 0.29) is 6.04 Å². The van der Waals surface area contributed by atoms with Crippen molar-refractivity contribution in [2.24, 2.45) is 0 Å². The number of benzene rings is 2. The van der Waals surface area contributed by atoms with Gasteiger partial charge in [-0.25, -0.2) is 4.68 Å². The molecule has 0 bridgehead atoms. The van der Waals surface area contributed by atoms with Crippen molar-refractivity contribution in [1.82, 2.24) is 14.8 Å². The largest absolute Gasteiger partial charge is 0.324 e. The smallest absolute Gasteiger partial charge is 0.226 e. The van der Waals surface area contributed by atoms with Gasteiger partial charge in [0.05, 0.1) is 10.0 Å². The fourth-order valence-electron chi connectivity index (χ4n) is 2.66. The number of rotatable bonds is 2. The molecule has 2 heterocycles. The average Bonchev–Trinajstić information content (AvgIpc) is 3.06. The molecular formula is C17H11Cl3N4. The van der Waals surface area contributed by atoms with Gasteiger partial charge in [-0.1, -0.05) is 53.0 Å². The van der Waals surface area contributed by atoms with Gasteiger partial charge in [-0.15, -0.1) is 0 Å². The first-order valence-electron chi connectivity index (χ1n) is 7.21. The summed E-state index contributed by atoms with van der Waals surface area (Å²) < 4.78 is 1.82. The van der Waals surface area contributed by atoms with Crippen LogP contribution in [0.1, 0.15) is 17.2 Å². The predicted molar refractivity (Wildman–Crippen MR) is 97.7 cm³/mol. The molecule has 0 amide bonds. The van der Waals surface area contributed by atoms with Crippen molar-refractivity contribution in [2.45, 2.75) is 6.04 Å². The molecule has 1 atom stereocenters. The van der Waals surface area contributed by atoms with Crippen LogP contribution >= 0.6 is 34.8 Å². The van der Waals surface area contributed by atoms with Crippen molar-refractivity contribution in [3.05, 3.63) is 81.1 Å². The molecule has 4 nitrogen and oxygen atoms in total. The maximum atomic E-state index is 6.15. The minimum absolute atomic E-state index is 0.0922. The highest BCUT2D eigenvalue weighted by Crippen LogP contribution is 2.34. The number of allylic oxidation sites excluding steroid dienone is 1. The molecule has 120 valence electrons. The van der Waals surface area contributed by atoms with Gasteiger partial charge in [0.2, 0.25) is 5.95 Å². The van der Waals surface area contributed by atoms with E-state index in [1.54, 1.807) is 6.07 Å². The molecule has 0 radical (unpaired) electrons. The number of fused-ring (bicyclic) bond motifs is 1. The molecule has 1 aliphatic heterocycles. The Bertz CT molecular complexity index is 931. The van der Waals surface area contributed by atoms with E-state index in [4.69, 9.17) is 34.8 Å². The molecule has 24 heavy (non-hydrogen) atoms. The molecule has 3 aromatic rings. The Labute approximate surface area is 153 Å². The minimum atomic E-state index is -0.0922. The third-order valence-electron chi connectivity index (χ3n) is 3.85. The average molecular weight is 378 g/mol. The zero-order chi connectivity index (χ0) is 16.7. The monoisotopic (exact) mass is 376 g/mol. The van der Waals surface area contributed by atoms with Gasteiger partial charge in [0, 0.05) is 10.7 Å². The Morgan fingerprint density at radius 3 is 2.50 bits per heavy atom.